The molecule has 26 heavy (non-hydrogen) atoms. The second-order valence-corrected chi connectivity index (χ2v) is 6.08. The Morgan fingerprint density at radius 1 is 1.04 bits per heavy atom. The van der Waals surface area contributed by atoms with Gasteiger partial charge in [-0.15, -0.1) is 12.4 Å². The van der Waals surface area contributed by atoms with E-state index in [-0.39, 0.29) is 36.8 Å². The minimum atomic E-state index is -0.450. The van der Waals surface area contributed by atoms with Gasteiger partial charge < -0.3 is 15.8 Å². The van der Waals surface area contributed by atoms with E-state index in [4.69, 9.17) is 10.5 Å². The number of benzene rings is 2. The van der Waals surface area contributed by atoms with Gasteiger partial charge in [0, 0.05) is 12.1 Å². The molecule has 1 unspecified atom stereocenters. The molecule has 1 amide bonds. The third-order valence-corrected chi connectivity index (χ3v) is 3.70. The highest BCUT2D eigenvalue weighted by Crippen LogP contribution is 2.18. The van der Waals surface area contributed by atoms with Gasteiger partial charge in [0.1, 0.15) is 0 Å². The van der Waals surface area contributed by atoms with E-state index in [1.54, 1.807) is 26.0 Å². The van der Waals surface area contributed by atoms with Gasteiger partial charge in [0.05, 0.1) is 18.6 Å². The Balaban J connectivity index is 0.00000338. The van der Waals surface area contributed by atoms with Crippen LogP contribution in [0.2, 0.25) is 0 Å². The summed E-state index contributed by atoms with van der Waals surface area (Å²) < 4.78 is 5.22. The summed E-state index contributed by atoms with van der Waals surface area (Å²) in [6.07, 6.45) is -0.113. The standard InChI is InChI=1S/C20H24N2O3.ClH/c1-14(2)25-19(23)12-18(16-6-4-3-5-7-16)22-20(24)17-10-8-15(13-21)9-11-17;/h3-11,14,18H,12-13,21H2,1-2H3,(H,22,24);1H. The molecule has 2 aromatic carbocycles. The second kappa shape index (κ2) is 10.6. The second-order valence-electron chi connectivity index (χ2n) is 6.08. The Labute approximate surface area is 160 Å². The van der Waals surface area contributed by atoms with Crippen molar-refractivity contribution in [2.45, 2.75) is 39.0 Å². The molecule has 1 atom stereocenters. The van der Waals surface area contributed by atoms with Gasteiger partial charge in [-0.2, -0.15) is 0 Å². The van der Waals surface area contributed by atoms with Crippen LogP contribution in [0, 0.1) is 0 Å². The van der Waals surface area contributed by atoms with Gasteiger partial charge in [-0.25, -0.2) is 0 Å². The van der Waals surface area contributed by atoms with Crippen LogP contribution in [0.1, 0.15) is 47.8 Å². The van der Waals surface area contributed by atoms with Crippen LogP contribution in [0.25, 0.3) is 0 Å². The van der Waals surface area contributed by atoms with Crippen LogP contribution < -0.4 is 11.1 Å². The summed E-state index contributed by atoms with van der Waals surface area (Å²) in [7, 11) is 0. The molecule has 0 aliphatic heterocycles. The molecule has 2 rings (SSSR count). The number of ether oxygens (including phenoxy) is 1. The Kier molecular flexibility index (Phi) is 8.82. The summed E-state index contributed by atoms with van der Waals surface area (Å²) in [6, 6.07) is 16.0. The molecule has 0 aromatic heterocycles. The average molecular weight is 377 g/mol. The van der Waals surface area contributed by atoms with E-state index in [9.17, 15) is 9.59 Å². The Hall–Kier alpha value is -2.37. The highest BCUT2D eigenvalue weighted by molar-refractivity contribution is 5.94. The van der Waals surface area contributed by atoms with Crippen LogP contribution in [-0.2, 0) is 16.1 Å². The zero-order valence-corrected chi connectivity index (χ0v) is 15.8. The number of rotatable bonds is 7. The quantitative estimate of drug-likeness (QED) is 0.726. The smallest absolute Gasteiger partial charge is 0.308 e. The molecular formula is C20H25ClN2O3. The monoisotopic (exact) mass is 376 g/mol. The lowest BCUT2D eigenvalue weighted by Crippen LogP contribution is -2.31. The van der Waals surface area contributed by atoms with Crippen molar-refractivity contribution in [3.8, 4) is 0 Å². The molecule has 140 valence electrons. The first-order chi connectivity index (χ1) is 12.0. The highest BCUT2D eigenvalue weighted by atomic mass is 35.5. The number of carbonyl (C=O) groups excluding carboxylic acids is 2. The third kappa shape index (κ3) is 6.50. The van der Waals surface area contributed by atoms with Gasteiger partial charge in [-0.05, 0) is 37.1 Å². The van der Waals surface area contributed by atoms with Gasteiger partial charge >= 0.3 is 5.97 Å². The van der Waals surface area contributed by atoms with Crippen molar-refractivity contribution < 1.29 is 14.3 Å². The molecule has 6 heteroatoms. The largest absolute Gasteiger partial charge is 0.463 e. The maximum Gasteiger partial charge on any atom is 0.308 e. The van der Waals surface area contributed by atoms with Crippen LogP contribution in [0.3, 0.4) is 0 Å². The van der Waals surface area contributed by atoms with E-state index in [2.05, 4.69) is 5.32 Å². The maximum atomic E-state index is 12.5. The number of esters is 1. The van der Waals surface area contributed by atoms with Gasteiger partial charge in [-0.1, -0.05) is 42.5 Å². The van der Waals surface area contributed by atoms with Crippen molar-refractivity contribution in [1.82, 2.24) is 5.32 Å². The van der Waals surface area contributed by atoms with Crippen LogP contribution in [0.5, 0.6) is 0 Å². The van der Waals surface area contributed by atoms with E-state index >= 15 is 0 Å². The van der Waals surface area contributed by atoms with Crippen molar-refractivity contribution in [2.75, 3.05) is 0 Å². The molecule has 0 saturated heterocycles. The van der Waals surface area contributed by atoms with Gasteiger partial charge in [-0.3, -0.25) is 9.59 Å². The average Bonchev–Trinajstić information content (AvgIpc) is 2.61. The fourth-order valence-corrected chi connectivity index (χ4v) is 2.45. The van der Waals surface area contributed by atoms with Crippen molar-refractivity contribution in [3.05, 3.63) is 71.3 Å². The van der Waals surface area contributed by atoms with Crippen molar-refractivity contribution in [2.24, 2.45) is 5.73 Å². The Bertz CT molecular complexity index is 703. The van der Waals surface area contributed by atoms with Crippen LogP contribution >= 0.6 is 12.4 Å². The van der Waals surface area contributed by atoms with Crippen LogP contribution in [0.4, 0.5) is 0 Å². The molecule has 0 fully saturated rings. The molecule has 0 aliphatic carbocycles. The highest BCUT2D eigenvalue weighted by Gasteiger charge is 2.20. The molecule has 0 radical (unpaired) electrons. The van der Waals surface area contributed by atoms with E-state index in [0.29, 0.717) is 12.1 Å². The third-order valence-electron chi connectivity index (χ3n) is 3.70. The lowest BCUT2D eigenvalue weighted by Gasteiger charge is -2.19. The normalized spacial score (nSPS) is 11.4. The fraction of sp³-hybridized carbons (Fsp3) is 0.300. The molecule has 2 aromatic rings. The van der Waals surface area contributed by atoms with Gasteiger partial charge in [0.25, 0.3) is 5.91 Å². The Morgan fingerprint density at radius 2 is 1.65 bits per heavy atom. The zero-order valence-electron chi connectivity index (χ0n) is 15.0. The molecule has 0 spiro atoms. The number of amides is 1. The van der Waals surface area contributed by atoms with Gasteiger partial charge in [0.15, 0.2) is 0 Å². The minimum Gasteiger partial charge on any atom is -0.463 e. The summed E-state index contributed by atoms with van der Waals surface area (Å²) in [5.74, 6) is -0.586. The predicted octanol–water partition coefficient (Wildman–Crippen LogP) is 3.38. The summed E-state index contributed by atoms with van der Waals surface area (Å²) in [6.45, 7) is 4.02. The van der Waals surface area contributed by atoms with Crippen LogP contribution in [-0.4, -0.2) is 18.0 Å². The van der Waals surface area contributed by atoms with E-state index < -0.39 is 6.04 Å². The molecule has 0 heterocycles. The van der Waals surface area contributed by atoms with Gasteiger partial charge in [0.2, 0.25) is 0 Å². The molecule has 3 N–H and O–H groups in total. The summed E-state index contributed by atoms with van der Waals surface area (Å²) in [5, 5.41) is 2.92. The SMILES string of the molecule is CC(C)OC(=O)CC(NC(=O)c1ccc(CN)cc1)c1ccccc1.Cl. The number of hydrogen-bond acceptors (Lipinski definition) is 4. The predicted molar refractivity (Wildman–Crippen MR) is 104 cm³/mol. The van der Waals surface area contributed by atoms with Crippen molar-refractivity contribution >= 4 is 24.3 Å². The summed E-state index contributed by atoms with van der Waals surface area (Å²) >= 11 is 0. The number of nitrogens with two attached hydrogens (primary N) is 1. The lowest BCUT2D eigenvalue weighted by molar-refractivity contribution is -0.147. The molecule has 0 bridgehead atoms. The summed E-state index contributed by atoms with van der Waals surface area (Å²) in [5.41, 5.74) is 7.91. The van der Waals surface area contributed by atoms with E-state index in [1.807, 2.05) is 42.5 Å². The van der Waals surface area contributed by atoms with Crippen molar-refractivity contribution in [3.63, 3.8) is 0 Å². The number of hydrogen-bond donors (Lipinski definition) is 2. The first-order valence-corrected chi connectivity index (χ1v) is 8.34. The van der Waals surface area contributed by atoms with E-state index in [1.165, 1.54) is 0 Å². The first-order valence-electron chi connectivity index (χ1n) is 8.34. The minimum absolute atomic E-state index is 0. The molecule has 0 aliphatic rings. The maximum absolute atomic E-state index is 12.5. The zero-order chi connectivity index (χ0) is 18.2. The lowest BCUT2D eigenvalue weighted by atomic mass is 10.0. The Morgan fingerprint density at radius 3 is 2.19 bits per heavy atom. The fourth-order valence-electron chi connectivity index (χ4n) is 2.45. The van der Waals surface area contributed by atoms with Crippen molar-refractivity contribution in [1.29, 1.82) is 0 Å². The summed E-state index contributed by atoms with van der Waals surface area (Å²) in [4.78, 5) is 24.6. The number of nitrogens with one attached hydrogen (secondary N) is 1. The topological polar surface area (TPSA) is 81.4 Å². The van der Waals surface area contributed by atoms with E-state index in [0.717, 1.165) is 11.1 Å². The molecule has 5 nitrogen and oxygen atoms in total. The number of halogens is 1. The molecular weight excluding hydrogens is 352 g/mol. The van der Waals surface area contributed by atoms with Crippen LogP contribution in [0.15, 0.2) is 54.6 Å². The first kappa shape index (κ1) is 21.7. The number of carbonyl (C=O) groups is 2. The molecule has 0 saturated carbocycles.